The molecule has 0 fully saturated rings. The molecule has 0 saturated heterocycles. The van der Waals surface area contributed by atoms with Gasteiger partial charge in [0, 0.05) is 10.0 Å². The van der Waals surface area contributed by atoms with Gasteiger partial charge in [-0.25, -0.2) is 5.48 Å². The van der Waals surface area contributed by atoms with Gasteiger partial charge in [0.05, 0.1) is 7.11 Å². The van der Waals surface area contributed by atoms with E-state index in [4.69, 9.17) is 0 Å². The third kappa shape index (κ3) is 2.32. The molecule has 1 amide bonds. The Morgan fingerprint density at radius 3 is 2.50 bits per heavy atom. The lowest BCUT2D eigenvalue weighted by atomic mass is 10.2. The summed E-state index contributed by atoms with van der Waals surface area (Å²) in [7, 11) is 1.40. The van der Waals surface area contributed by atoms with E-state index in [1.807, 2.05) is 0 Å². The first-order valence-corrected chi connectivity index (χ1v) is 4.12. The highest BCUT2D eigenvalue weighted by atomic mass is 79.9. The average Bonchev–Trinajstić information content (AvgIpc) is 2.06. The third-order valence-corrected chi connectivity index (χ3v) is 1.83. The highest BCUT2D eigenvalue weighted by Gasteiger charge is 2.02. The Morgan fingerprint density at radius 2 is 2.00 bits per heavy atom. The minimum absolute atomic E-state index is 0.245. The van der Waals surface area contributed by atoms with Crippen LogP contribution in [0, 0.1) is 0 Å². The summed E-state index contributed by atoms with van der Waals surface area (Å²) in [5, 5.41) is 0. The van der Waals surface area contributed by atoms with Gasteiger partial charge in [-0.1, -0.05) is 15.9 Å². The second kappa shape index (κ2) is 4.23. The van der Waals surface area contributed by atoms with Crippen molar-refractivity contribution in [3.05, 3.63) is 34.3 Å². The zero-order chi connectivity index (χ0) is 8.97. The fraction of sp³-hybridized carbons (Fsp3) is 0.125. The summed E-state index contributed by atoms with van der Waals surface area (Å²) in [5.41, 5.74) is 2.80. The standard InChI is InChI=1S/C8H8BrNO2/c1-12-10-8(11)6-2-4-7(9)5-3-6/h2-5H,1H3,(H,10,11). The molecule has 0 radical (unpaired) electrons. The van der Waals surface area contributed by atoms with Crippen LogP contribution >= 0.6 is 15.9 Å². The maximum atomic E-state index is 11.1. The van der Waals surface area contributed by atoms with Gasteiger partial charge in [0.2, 0.25) is 0 Å². The van der Waals surface area contributed by atoms with Crippen molar-refractivity contribution < 1.29 is 9.63 Å². The fourth-order valence-corrected chi connectivity index (χ4v) is 1.02. The molecule has 0 heterocycles. The molecule has 1 aromatic rings. The maximum absolute atomic E-state index is 11.1. The van der Waals surface area contributed by atoms with Crippen molar-refractivity contribution in [2.24, 2.45) is 0 Å². The molecule has 3 nitrogen and oxygen atoms in total. The van der Waals surface area contributed by atoms with E-state index in [1.54, 1.807) is 24.3 Å². The van der Waals surface area contributed by atoms with E-state index < -0.39 is 0 Å². The summed E-state index contributed by atoms with van der Waals surface area (Å²) >= 11 is 3.27. The van der Waals surface area contributed by atoms with Crippen LogP contribution in [0.25, 0.3) is 0 Å². The monoisotopic (exact) mass is 229 g/mol. The Kier molecular flexibility index (Phi) is 3.25. The second-order valence-corrected chi connectivity index (χ2v) is 3.06. The van der Waals surface area contributed by atoms with E-state index in [1.165, 1.54) is 7.11 Å². The number of halogens is 1. The number of carbonyl (C=O) groups excluding carboxylic acids is 1. The van der Waals surface area contributed by atoms with Gasteiger partial charge in [0.15, 0.2) is 0 Å². The van der Waals surface area contributed by atoms with E-state index >= 15 is 0 Å². The number of hydrogen-bond acceptors (Lipinski definition) is 2. The first-order chi connectivity index (χ1) is 5.74. The molecule has 64 valence electrons. The molecule has 0 bridgehead atoms. The quantitative estimate of drug-likeness (QED) is 0.786. The number of benzene rings is 1. The van der Waals surface area contributed by atoms with Crippen molar-refractivity contribution in [3.63, 3.8) is 0 Å². The van der Waals surface area contributed by atoms with Crippen LogP contribution in [-0.4, -0.2) is 13.0 Å². The Hall–Kier alpha value is -0.870. The molecule has 0 saturated carbocycles. The van der Waals surface area contributed by atoms with Gasteiger partial charge in [-0.05, 0) is 24.3 Å². The topological polar surface area (TPSA) is 38.3 Å². The van der Waals surface area contributed by atoms with Crippen molar-refractivity contribution in [2.45, 2.75) is 0 Å². The SMILES string of the molecule is CONC(=O)c1ccc(Br)cc1. The molecule has 0 aliphatic rings. The van der Waals surface area contributed by atoms with Crippen LogP contribution < -0.4 is 5.48 Å². The summed E-state index contributed by atoms with van der Waals surface area (Å²) in [6, 6.07) is 7.01. The van der Waals surface area contributed by atoms with Crippen LogP contribution in [0.3, 0.4) is 0 Å². The molecule has 4 heteroatoms. The van der Waals surface area contributed by atoms with E-state index in [0.717, 1.165) is 4.47 Å². The van der Waals surface area contributed by atoms with Gasteiger partial charge in [0.1, 0.15) is 0 Å². The number of carbonyl (C=O) groups is 1. The Morgan fingerprint density at radius 1 is 1.42 bits per heavy atom. The molecule has 0 unspecified atom stereocenters. The second-order valence-electron chi connectivity index (χ2n) is 2.14. The zero-order valence-corrected chi connectivity index (χ0v) is 8.09. The normalized spacial score (nSPS) is 9.50. The molecule has 1 N–H and O–H groups in total. The highest BCUT2D eigenvalue weighted by Crippen LogP contribution is 2.10. The molecule has 0 aliphatic heterocycles. The molecule has 0 aliphatic carbocycles. The molecule has 12 heavy (non-hydrogen) atoms. The van der Waals surface area contributed by atoms with Crippen molar-refractivity contribution >= 4 is 21.8 Å². The summed E-state index contributed by atoms with van der Waals surface area (Å²) in [4.78, 5) is 15.6. The van der Waals surface area contributed by atoms with Gasteiger partial charge in [-0.3, -0.25) is 9.63 Å². The van der Waals surface area contributed by atoms with Gasteiger partial charge >= 0.3 is 0 Å². The van der Waals surface area contributed by atoms with E-state index in [9.17, 15) is 4.79 Å². The Bertz CT molecular complexity index is 271. The minimum Gasteiger partial charge on any atom is -0.277 e. The van der Waals surface area contributed by atoms with Crippen LogP contribution in [0.5, 0.6) is 0 Å². The van der Waals surface area contributed by atoms with Gasteiger partial charge in [0.25, 0.3) is 5.91 Å². The third-order valence-electron chi connectivity index (χ3n) is 1.30. The summed E-state index contributed by atoms with van der Waals surface area (Å²) in [6.07, 6.45) is 0. The molecular weight excluding hydrogens is 222 g/mol. The summed E-state index contributed by atoms with van der Waals surface area (Å²) in [5.74, 6) is -0.245. The van der Waals surface area contributed by atoms with Crippen molar-refractivity contribution in [1.82, 2.24) is 5.48 Å². The van der Waals surface area contributed by atoms with Crippen LogP contribution in [0.4, 0.5) is 0 Å². The molecule has 0 atom stereocenters. The number of amides is 1. The first kappa shape index (κ1) is 9.22. The first-order valence-electron chi connectivity index (χ1n) is 3.33. The van der Waals surface area contributed by atoms with Crippen molar-refractivity contribution in [3.8, 4) is 0 Å². The van der Waals surface area contributed by atoms with Crippen LogP contribution in [0.15, 0.2) is 28.7 Å². The number of rotatable bonds is 2. The fourth-order valence-electron chi connectivity index (χ4n) is 0.753. The van der Waals surface area contributed by atoms with Gasteiger partial charge in [-0.2, -0.15) is 0 Å². The maximum Gasteiger partial charge on any atom is 0.274 e. The lowest BCUT2D eigenvalue weighted by Crippen LogP contribution is -2.21. The van der Waals surface area contributed by atoms with Crippen molar-refractivity contribution in [1.29, 1.82) is 0 Å². The Labute approximate surface area is 78.8 Å². The minimum atomic E-state index is -0.245. The van der Waals surface area contributed by atoms with Crippen LogP contribution in [0.1, 0.15) is 10.4 Å². The summed E-state index contributed by atoms with van der Waals surface area (Å²) < 4.78 is 0.941. The lowest BCUT2D eigenvalue weighted by Gasteiger charge is -2.00. The molecule has 1 aromatic carbocycles. The number of hydrogen-bond donors (Lipinski definition) is 1. The van der Waals surface area contributed by atoms with Crippen LogP contribution in [-0.2, 0) is 4.84 Å². The van der Waals surface area contributed by atoms with E-state index in [0.29, 0.717) is 5.56 Å². The zero-order valence-electron chi connectivity index (χ0n) is 6.50. The predicted molar refractivity (Wildman–Crippen MR) is 48.6 cm³/mol. The predicted octanol–water partition coefficient (Wildman–Crippen LogP) is 1.74. The smallest absolute Gasteiger partial charge is 0.274 e. The average molecular weight is 230 g/mol. The molecule has 1 rings (SSSR count). The Balaban J connectivity index is 2.75. The largest absolute Gasteiger partial charge is 0.277 e. The summed E-state index contributed by atoms with van der Waals surface area (Å²) in [6.45, 7) is 0. The van der Waals surface area contributed by atoms with E-state index in [2.05, 4.69) is 26.2 Å². The molecule has 0 spiro atoms. The van der Waals surface area contributed by atoms with E-state index in [-0.39, 0.29) is 5.91 Å². The van der Waals surface area contributed by atoms with Crippen LogP contribution in [0.2, 0.25) is 0 Å². The number of nitrogens with one attached hydrogen (secondary N) is 1. The molecule has 0 aromatic heterocycles. The molecular formula is C8H8BrNO2. The highest BCUT2D eigenvalue weighted by molar-refractivity contribution is 9.10. The van der Waals surface area contributed by atoms with Crippen molar-refractivity contribution in [2.75, 3.05) is 7.11 Å². The van der Waals surface area contributed by atoms with Gasteiger partial charge < -0.3 is 0 Å². The van der Waals surface area contributed by atoms with Gasteiger partial charge in [-0.15, -0.1) is 0 Å². The number of hydroxylamine groups is 1. The lowest BCUT2D eigenvalue weighted by molar-refractivity contribution is 0.0537.